The van der Waals surface area contributed by atoms with Crippen LogP contribution in [0, 0.1) is 0 Å². The third kappa shape index (κ3) is 6.02. The first-order chi connectivity index (χ1) is 17.1. The molecule has 0 aliphatic rings. The van der Waals surface area contributed by atoms with Gasteiger partial charge in [-0.3, -0.25) is 0 Å². The summed E-state index contributed by atoms with van der Waals surface area (Å²) >= 11 is 7.39. The quantitative estimate of drug-likeness (QED) is 0.202. The molecular formula is C33H33Br2N. The lowest BCUT2D eigenvalue weighted by atomic mass is 9.87. The van der Waals surface area contributed by atoms with Gasteiger partial charge in [0.2, 0.25) is 0 Å². The van der Waals surface area contributed by atoms with Crippen molar-refractivity contribution in [2.45, 2.75) is 46.0 Å². The molecule has 0 saturated heterocycles. The normalized spacial score (nSPS) is 11.4. The minimum atomic E-state index is 0.206. The molecule has 184 valence electrons. The van der Waals surface area contributed by atoms with Crippen molar-refractivity contribution in [2.75, 3.05) is 5.32 Å². The van der Waals surface area contributed by atoms with Gasteiger partial charge in [-0.25, -0.2) is 0 Å². The second-order valence-electron chi connectivity index (χ2n) is 10.4. The summed E-state index contributed by atoms with van der Waals surface area (Å²) in [6.07, 6.45) is 0. The van der Waals surface area contributed by atoms with Gasteiger partial charge in [0.25, 0.3) is 0 Å². The minimum Gasteiger partial charge on any atom is -0.356 e. The lowest BCUT2D eigenvalue weighted by Crippen LogP contribution is -2.10. The maximum Gasteiger partial charge on any atom is 0.0384 e. The maximum absolute atomic E-state index is 3.70. The fourth-order valence-electron chi connectivity index (χ4n) is 4.19. The maximum atomic E-state index is 3.70. The van der Waals surface area contributed by atoms with Gasteiger partial charge in [-0.1, -0.05) is 107 Å². The molecule has 5 aromatic carbocycles. The third-order valence-corrected chi connectivity index (χ3v) is 8.13. The van der Waals surface area contributed by atoms with Crippen molar-refractivity contribution in [1.29, 1.82) is 0 Å². The molecule has 0 aliphatic carbocycles. The van der Waals surface area contributed by atoms with Crippen molar-refractivity contribution in [2.24, 2.45) is 0 Å². The van der Waals surface area contributed by atoms with E-state index in [2.05, 4.69) is 169 Å². The highest BCUT2D eigenvalue weighted by molar-refractivity contribution is 9.11. The highest BCUT2D eigenvalue weighted by Crippen LogP contribution is 2.38. The first kappa shape index (κ1) is 26.4. The molecule has 5 aromatic rings. The van der Waals surface area contributed by atoms with E-state index in [0.717, 1.165) is 11.4 Å². The summed E-state index contributed by atoms with van der Waals surface area (Å²) < 4.78 is 2.34. The third-order valence-electron chi connectivity index (χ3n) is 6.42. The van der Waals surface area contributed by atoms with Crippen LogP contribution in [0.3, 0.4) is 0 Å². The Balaban J connectivity index is 0.000000173. The van der Waals surface area contributed by atoms with Crippen LogP contribution in [0.2, 0.25) is 0 Å². The summed E-state index contributed by atoms with van der Waals surface area (Å²) in [5.41, 5.74) is 5.21. The van der Waals surface area contributed by atoms with Crippen molar-refractivity contribution < 1.29 is 0 Å². The molecule has 3 heteroatoms. The smallest absolute Gasteiger partial charge is 0.0384 e. The summed E-state index contributed by atoms with van der Waals surface area (Å²) in [5, 5.41) is 8.42. The average molecular weight is 603 g/mol. The van der Waals surface area contributed by atoms with Gasteiger partial charge < -0.3 is 5.32 Å². The largest absolute Gasteiger partial charge is 0.356 e. The summed E-state index contributed by atoms with van der Waals surface area (Å²) in [5.74, 6) is 0.579. The van der Waals surface area contributed by atoms with E-state index in [0.29, 0.717) is 5.92 Å². The lowest BCUT2D eigenvalue weighted by molar-refractivity contribution is 0.590. The molecule has 0 saturated carbocycles. The minimum absolute atomic E-state index is 0.206. The Labute approximate surface area is 232 Å². The van der Waals surface area contributed by atoms with E-state index in [1.165, 1.54) is 41.6 Å². The Bertz CT molecular complexity index is 1340. The van der Waals surface area contributed by atoms with Gasteiger partial charge in [-0.2, -0.15) is 0 Å². The molecule has 36 heavy (non-hydrogen) atoms. The van der Waals surface area contributed by atoms with Crippen LogP contribution in [-0.4, -0.2) is 0 Å². The van der Waals surface area contributed by atoms with E-state index in [9.17, 15) is 0 Å². The molecule has 5 rings (SSSR count). The monoisotopic (exact) mass is 601 g/mol. The molecule has 0 unspecified atom stereocenters. The van der Waals surface area contributed by atoms with E-state index in [-0.39, 0.29) is 5.41 Å². The van der Waals surface area contributed by atoms with Crippen LogP contribution in [0.4, 0.5) is 11.4 Å². The molecule has 0 heterocycles. The van der Waals surface area contributed by atoms with Crippen LogP contribution in [0.5, 0.6) is 0 Å². The molecule has 1 nitrogen and oxygen atoms in total. The molecular weight excluding hydrogens is 570 g/mol. The van der Waals surface area contributed by atoms with Crippen molar-refractivity contribution in [1.82, 2.24) is 0 Å². The molecule has 1 N–H and O–H groups in total. The number of nitrogens with one attached hydrogen (secondary N) is 1. The number of halogens is 2. The van der Waals surface area contributed by atoms with Crippen LogP contribution >= 0.6 is 31.9 Å². The average Bonchev–Trinajstić information content (AvgIpc) is 2.88. The Kier molecular flexibility index (Phi) is 8.22. The fraction of sp³-hybridized carbons (Fsp3) is 0.212. The fourth-order valence-corrected chi connectivity index (χ4v) is 5.58. The van der Waals surface area contributed by atoms with Crippen molar-refractivity contribution in [3.05, 3.63) is 117 Å². The van der Waals surface area contributed by atoms with Crippen LogP contribution in [0.25, 0.3) is 21.5 Å². The van der Waals surface area contributed by atoms with E-state index in [4.69, 9.17) is 0 Å². The number of hydrogen-bond donors (Lipinski definition) is 1. The van der Waals surface area contributed by atoms with Crippen molar-refractivity contribution in [3.63, 3.8) is 0 Å². The van der Waals surface area contributed by atoms with Gasteiger partial charge in [0.05, 0.1) is 0 Å². The molecule has 0 spiro atoms. The topological polar surface area (TPSA) is 12.0 Å². The van der Waals surface area contributed by atoms with E-state index >= 15 is 0 Å². The second kappa shape index (κ2) is 11.2. The van der Waals surface area contributed by atoms with Gasteiger partial charge in [0.15, 0.2) is 0 Å². The number of benzene rings is 5. The molecule has 0 radical (unpaired) electrons. The second-order valence-corrected chi connectivity index (χ2v) is 12.0. The van der Waals surface area contributed by atoms with Crippen LogP contribution < -0.4 is 5.32 Å². The number of rotatable bonds is 3. The Morgan fingerprint density at radius 3 is 1.25 bits per heavy atom. The van der Waals surface area contributed by atoms with Crippen molar-refractivity contribution >= 4 is 64.8 Å². The standard InChI is InChI=1S/C19H25N.C14H8Br2/c1-14(2)15-6-10-17(11-7-15)20-18-12-8-16(9-13-18)19(3,4)5;15-13-9-5-1-2-6-10(9)14(16)12-8-4-3-7-11(12)13/h6-14,20H,1-5H3;1-8H. The Hall–Kier alpha value is -2.62. The zero-order valence-electron chi connectivity index (χ0n) is 21.6. The van der Waals surface area contributed by atoms with Gasteiger partial charge in [0.1, 0.15) is 0 Å². The highest BCUT2D eigenvalue weighted by Gasteiger charge is 2.13. The number of hydrogen-bond acceptors (Lipinski definition) is 1. The Morgan fingerprint density at radius 1 is 0.556 bits per heavy atom. The molecule has 0 aliphatic heterocycles. The first-order valence-electron chi connectivity index (χ1n) is 12.4. The summed E-state index contributed by atoms with van der Waals surface area (Å²) in [6.45, 7) is 11.1. The predicted octanol–water partition coefficient (Wildman–Crippen LogP) is 11.4. The summed E-state index contributed by atoms with van der Waals surface area (Å²) in [7, 11) is 0. The summed E-state index contributed by atoms with van der Waals surface area (Å²) in [4.78, 5) is 0. The van der Waals surface area contributed by atoms with Crippen LogP contribution in [0.15, 0.2) is 106 Å². The molecule has 0 amide bonds. The number of fused-ring (bicyclic) bond motifs is 2. The van der Waals surface area contributed by atoms with E-state index < -0.39 is 0 Å². The lowest BCUT2D eigenvalue weighted by Gasteiger charge is -2.19. The van der Waals surface area contributed by atoms with Crippen LogP contribution in [-0.2, 0) is 5.41 Å². The first-order valence-corrected chi connectivity index (χ1v) is 14.0. The predicted molar refractivity (Wildman–Crippen MR) is 166 cm³/mol. The van der Waals surface area contributed by atoms with Crippen LogP contribution in [0.1, 0.15) is 51.7 Å². The molecule has 0 atom stereocenters. The zero-order valence-corrected chi connectivity index (χ0v) is 24.7. The number of anilines is 2. The molecule has 0 bridgehead atoms. The Morgan fingerprint density at radius 2 is 0.917 bits per heavy atom. The van der Waals surface area contributed by atoms with E-state index in [1.54, 1.807) is 0 Å². The SMILES string of the molecule is Brc1c2ccccc2c(Br)c2ccccc12.CC(C)c1ccc(Nc2ccc(C(C)(C)C)cc2)cc1. The zero-order chi connectivity index (χ0) is 25.9. The summed E-state index contributed by atoms with van der Waals surface area (Å²) in [6, 6.07) is 34.2. The molecule has 0 fully saturated rings. The van der Waals surface area contributed by atoms with Gasteiger partial charge in [-0.15, -0.1) is 0 Å². The van der Waals surface area contributed by atoms with Gasteiger partial charge >= 0.3 is 0 Å². The van der Waals surface area contributed by atoms with Gasteiger partial charge in [0, 0.05) is 20.3 Å². The molecule has 0 aromatic heterocycles. The van der Waals surface area contributed by atoms with Crippen molar-refractivity contribution in [3.8, 4) is 0 Å². The van der Waals surface area contributed by atoms with E-state index in [1.807, 2.05) is 0 Å². The highest BCUT2D eigenvalue weighted by atomic mass is 79.9. The van der Waals surface area contributed by atoms with Gasteiger partial charge in [-0.05, 0) is 100 Å².